The second-order valence-electron chi connectivity index (χ2n) is 5.25. The summed E-state index contributed by atoms with van der Waals surface area (Å²) in [6, 6.07) is 2.39. The van der Waals surface area contributed by atoms with Gasteiger partial charge in [-0.1, -0.05) is 23.2 Å². The van der Waals surface area contributed by atoms with Gasteiger partial charge in [-0.15, -0.1) is 0 Å². The van der Waals surface area contributed by atoms with Crippen molar-refractivity contribution in [1.82, 2.24) is 4.31 Å². The number of piperidine rings is 1. The van der Waals surface area contributed by atoms with Crippen LogP contribution in [0.2, 0.25) is 10.0 Å². The number of benzene rings is 1. The van der Waals surface area contributed by atoms with Crippen molar-refractivity contribution in [1.29, 1.82) is 0 Å². The Labute approximate surface area is 134 Å². The number of sulfonamides is 1. The van der Waals surface area contributed by atoms with E-state index in [0.717, 1.165) is 12.8 Å². The molecule has 118 valence electrons. The van der Waals surface area contributed by atoms with Crippen LogP contribution in [0.4, 0.5) is 10.1 Å². The van der Waals surface area contributed by atoms with Crippen molar-refractivity contribution < 1.29 is 12.8 Å². The molecule has 1 N–H and O–H groups in total. The highest BCUT2D eigenvalue weighted by atomic mass is 35.5. The molecule has 8 heteroatoms. The summed E-state index contributed by atoms with van der Waals surface area (Å²) in [6.07, 6.45) is 2.97. The van der Waals surface area contributed by atoms with E-state index in [-0.39, 0.29) is 16.0 Å². The van der Waals surface area contributed by atoms with E-state index in [9.17, 15) is 12.8 Å². The van der Waals surface area contributed by atoms with Gasteiger partial charge in [0.25, 0.3) is 0 Å². The van der Waals surface area contributed by atoms with E-state index in [4.69, 9.17) is 23.2 Å². The summed E-state index contributed by atoms with van der Waals surface area (Å²) in [4.78, 5) is 0. The summed E-state index contributed by atoms with van der Waals surface area (Å²) >= 11 is 11.9. The van der Waals surface area contributed by atoms with Gasteiger partial charge in [-0.2, -0.15) is 0 Å². The molecule has 21 heavy (non-hydrogen) atoms. The summed E-state index contributed by atoms with van der Waals surface area (Å²) in [5.74, 6) is -0.317. The monoisotopic (exact) mass is 354 g/mol. The predicted molar refractivity (Wildman–Crippen MR) is 84.1 cm³/mol. The van der Waals surface area contributed by atoms with Gasteiger partial charge in [0.2, 0.25) is 10.0 Å². The largest absolute Gasteiger partial charge is 0.382 e. The molecule has 0 amide bonds. The molecule has 2 rings (SSSR count). The molecule has 1 aromatic rings. The molecular formula is C13H17Cl2FN2O2S. The first kappa shape index (κ1) is 16.8. The third-order valence-electron chi connectivity index (χ3n) is 3.53. The minimum absolute atomic E-state index is 0.172. The van der Waals surface area contributed by atoms with Gasteiger partial charge in [-0.3, -0.25) is 0 Å². The van der Waals surface area contributed by atoms with Gasteiger partial charge >= 0.3 is 0 Å². The van der Waals surface area contributed by atoms with Crippen molar-refractivity contribution in [3.05, 3.63) is 28.0 Å². The molecule has 0 radical (unpaired) electrons. The molecule has 0 saturated carbocycles. The molecule has 0 bridgehead atoms. The molecule has 0 aliphatic carbocycles. The Morgan fingerprint density at radius 1 is 1.38 bits per heavy atom. The topological polar surface area (TPSA) is 49.4 Å². The van der Waals surface area contributed by atoms with Gasteiger partial charge < -0.3 is 5.32 Å². The number of halogens is 3. The molecule has 1 heterocycles. The predicted octanol–water partition coefficient (Wildman–Crippen LogP) is 3.22. The highest BCUT2D eigenvalue weighted by Crippen LogP contribution is 2.32. The minimum Gasteiger partial charge on any atom is -0.382 e. The molecule has 0 aromatic heterocycles. The van der Waals surface area contributed by atoms with E-state index in [0.29, 0.717) is 25.3 Å². The van der Waals surface area contributed by atoms with Crippen LogP contribution in [0.3, 0.4) is 0 Å². The lowest BCUT2D eigenvalue weighted by molar-refractivity contribution is 0.277. The molecule has 1 atom stereocenters. The van der Waals surface area contributed by atoms with E-state index >= 15 is 0 Å². The average molecular weight is 355 g/mol. The van der Waals surface area contributed by atoms with E-state index in [1.807, 2.05) is 0 Å². The Kier molecular flexibility index (Phi) is 5.35. The summed E-state index contributed by atoms with van der Waals surface area (Å²) in [5.41, 5.74) is 0.483. The van der Waals surface area contributed by atoms with Crippen LogP contribution >= 0.6 is 23.2 Å². The van der Waals surface area contributed by atoms with Crippen LogP contribution in [-0.2, 0) is 10.0 Å². The van der Waals surface area contributed by atoms with Crippen molar-refractivity contribution in [3.63, 3.8) is 0 Å². The van der Waals surface area contributed by atoms with Gasteiger partial charge in [0.1, 0.15) is 5.82 Å². The van der Waals surface area contributed by atoms with E-state index in [1.165, 1.54) is 22.7 Å². The van der Waals surface area contributed by atoms with E-state index < -0.39 is 15.8 Å². The molecule has 1 aliphatic rings. The maximum Gasteiger partial charge on any atom is 0.211 e. The Bertz CT molecular complexity index is 602. The fraction of sp³-hybridized carbons (Fsp3) is 0.538. The molecule has 1 saturated heterocycles. The lowest BCUT2D eigenvalue weighted by Gasteiger charge is -2.31. The van der Waals surface area contributed by atoms with E-state index in [1.54, 1.807) is 0 Å². The first-order valence-corrected chi connectivity index (χ1v) is 9.21. The van der Waals surface area contributed by atoms with Gasteiger partial charge in [-0.05, 0) is 30.9 Å². The first-order valence-electron chi connectivity index (χ1n) is 6.61. The Balaban J connectivity index is 2.00. The number of nitrogens with zero attached hydrogens (tertiary/aromatic N) is 1. The maximum absolute atomic E-state index is 13.1. The summed E-state index contributed by atoms with van der Waals surface area (Å²) < 4.78 is 37.7. The van der Waals surface area contributed by atoms with Gasteiger partial charge in [0, 0.05) is 19.6 Å². The summed E-state index contributed by atoms with van der Waals surface area (Å²) in [7, 11) is -3.16. The van der Waals surface area contributed by atoms with Crippen LogP contribution in [0, 0.1) is 11.7 Å². The maximum atomic E-state index is 13.1. The Morgan fingerprint density at radius 2 is 2.00 bits per heavy atom. The quantitative estimate of drug-likeness (QED) is 0.902. The number of anilines is 1. The summed E-state index contributed by atoms with van der Waals surface area (Å²) in [6.45, 7) is 1.58. The van der Waals surface area contributed by atoms with Crippen LogP contribution < -0.4 is 5.32 Å². The van der Waals surface area contributed by atoms with Crippen molar-refractivity contribution >= 4 is 38.9 Å². The highest BCUT2D eigenvalue weighted by Gasteiger charge is 2.25. The van der Waals surface area contributed by atoms with Crippen LogP contribution in [0.1, 0.15) is 12.8 Å². The zero-order chi connectivity index (χ0) is 15.6. The zero-order valence-corrected chi connectivity index (χ0v) is 13.9. The number of nitrogens with one attached hydrogen (secondary N) is 1. The van der Waals surface area contributed by atoms with Gasteiger partial charge in [-0.25, -0.2) is 17.1 Å². The lowest BCUT2D eigenvalue weighted by atomic mass is 9.99. The smallest absolute Gasteiger partial charge is 0.211 e. The highest BCUT2D eigenvalue weighted by molar-refractivity contribution is 7.88. The van der Waals surface area contributed by atoms with Crippen molar-refractivity contribution in [2.24, 2.45) is 5.92 Å². The van der Waals surface area contributed by atoms with Crippen LogP contribution in [-0.4, -0.2) is 38.6 Å². The van der Waals surface area contributed by atoms with Crippen LogP contribution in [0.5, 0.6) is 0 Å². The molecule has 1 aromatic carbocycles. The fourth-order valence-electron chi connectivity index (χ4n) is 2.45. The van der Waals surface area contributed by atoms with Crippen molar-refractivity contribution in [3.8, 4) is 0 Å². The standard InChI is InChI=1S/C13H17Cl2FN2O2S/c1-21(19,20)18-4-2-3-9(8-18)7-17-13-11(14)5-10(16)6-12(13)15/h5-6,9,17H,2-4,7-8H2,1H3. The third-order valence-corrected chi connectivity index (χ3v) is 5.39. The lowest BCUT2D eigenvalue weighted by Crippen LogP contribution is -2.41. The minimum atomic E-state index is -3.16. The molecule has 4 nitrogen and oxygen atoms in total. The second-order valence-corrected chi connectivity index (χ2v) is 8.05. The fourth-order valence-corrected chi connectivity index (χ4v) is 3.99. The third kappa shape index (κ3) is 4.45. The van der Waals surface area contributed by atoms with Crippen molar-refractivity contribution in [2.75, 3.05) is 31.2 Å². The average Bonchev–Trinajstić information content (AvgIpc) is 2.36. The normalized spacial score (nSPS) is 20.5. The summed E-state index contributed by atoms with van der Waals surface area (Å²) in [5, 5.41) is 3.53. The zero-order valence-electron chi connectivity index (χ0n) is 11.6. The molecule has 0 spiro atoms. The number of hydrogen-bond donors (Lipinski definition) is 1. The molecule has 1 aliphatic heterocycles. The molecular weight excluding hydrogens is 338 g/mol. The first-order chi connectivity index (χ1) is 9.77. The SMILES string of the molecule is CS(=O)(=O)N1CCCC(CNc2c(Cl)cc(F)cc2Cl)C1. The van der Waals surface area contributed by atoms with Crippen LogP contribution in [0.25, 0.3) is 0 Å². The molecule has 1 unspecified atom stereocenters. The van der Waals surface area contributed by atoms with Gasteiger partial charge in [0.05, 0.1) is 22.0 Å². The van der Waals surface area contributed by atoms with Gasteiger partial charge in [0.15, 0.2) is 0 Å². The Morgan fingerprint density at radius 3 is 2.57 bits per heavy atom. The Hall–Kier alpha value is -0.560. The van der Waals surface area contributed by atoms with Crippen LogP contribution in [0.15, 0.2) is 12.1 Å². The van der Waals surface area contributed by atoms with Crippen molar-refractivity contribution in [2.45, 2.75) is 12.8 Å². The van der Waals surface area contributed by atoms with E-state index in [2.05, 4.69) is 5.32 Å². The number of rotatable bonds is 4. The number of hydrogen-bond acceptors (Lipinski definition) is 3. The molecule has 1 fully saturated rings. The second kappa shape index (κ2) is 6.69.